The van der Waals surface area contributed by atoms with Gasteiger partial charge in [-0.25, -0.2) is 9.18 Å². The van der Waals surface area contributed by atoms with Gasteiger partial charge in [-0.15, -0.1) is 0 Å². The van der Waals surface area contributed by atoms with Gasteiger partial charge in [0.05, 0.1) is 35.7 Å². The maximum absolute atomic E-state index is 13.2. The average molecular weight is 440 g/mol. The maximum atomic E-state index is 13.2. The maximum Gasteiger partial charge on any atom is 0.416 e. The van der Waals surface area contributed by atoms with Crippen LogP contribution in [0, 0.1) is 5.82 Å². The zero-order chi connectivity index (χ0) is 22.6. The van der Waals surface area contributed by atoms with Gasteiger partial charge in [-0.05, 0) is 49.4 Å². The summed E-state index contributed by atoms with van der Waals surface area (Å²) in [6.45, 7) is 2.99. The third kappa shape index (κ3) is 5.72. The first-order valence-corrected chi connectivity index (χ1v) is 9.46. The molecule has 1 atom stereocenters. The molecule has 0 saturated carbocycles. The van der Waals surface area contributed by atoms with E-state index < -0.39 is 35.5 Å². The zero-order valence-electron chi connectivity index (χ0n) is 16.5. The Bertz CT molecular complexity index is 941. The standard InChI is InChI=1S/C21H20F4N2O4/c1-13(31-20(29)14-2-5-16(22)6-3-14)19(28)26-17-12-15(21(23,24)25)4-7-18(17)27-8-10-30-11-9-27/h2-7,12-13H,8-11H2,1H3,(H,26,28). The van der Waals surface area contributed by atoms with Crippen LogP contribution >= 0.6 is 0 Å². The summed E-state index contributed by atoms with van der Waals surface area (Å²) in [4.78, 5) is 26.5. The number of benzene rings is 2. The molecule has 0 radical (unpaired) electrons. The van der Waals surface area contributed by atoms with Gasteiger partial charge in [0.1, 0.15) is 5.82 Å². The fourth-order valence-electron chi connectivity index (χ4n) is 2.99. The number of halogens is 4. The molecule has 6 nitrogen and oxygen atoms in total. The fourth-order valence-corrected chi connectivity index (χ4v) is 2.99. The summed E-state index contributed by atoms with van der Waals surface area (Å²) in [6.07, 6.45) is -5.89. The molecule has 1 saturated heterocycles. The molecule has 1 N–H and O–H groups in total. The predicted octanol–water partition coefficient (Wildman–Crippen LogP) is 3.87. The first-order chi connectivity index (χ1) is 14.6. The number of ether oxygens (including phenoxy) is 2. The van der Waals surface area contributed by atoms with Gasteiger partial charge in [0.15, 0.2) is 6.10 Å². The molecule has 31 heavy (non-hydrogen) atoms. The van der Waals surface area contributed by atoms with E-state index in [0.717, 1.165) is 24.3 Å². The number of amides is 1. The van der Waals surface area contributed by atoms with E-state index >= 15 is 0 Å². The highest BCUT2D eigenvalue weighted by molar-refractivity contribution is 5.99. The van der Waals surface area contributed by atoms with Gasteiger partial charge in [0.2, 0.25) is 0 Å². The molecule has 1 aliphatic heterocycles. The smallest absolute Gasteiger partial charge is 0.416 e. The van der Waals surface area contributed by atoms with Gasteiger partial charge >= 0.3 is 12.1 Å². The molecule has 3 rings (SSSR count). The molecule has 0 aromatic heterocycles. The van der Waals surface area contributed by atoms with Crippen LogP contribution in [-0.4, -0.2) is 44.3 Å². The highest BCUT2D eigenvalue weighted by Crippen LogP contribution is 2.36. The van der Waals surface area contributed by atoms with E-state index in [-0.39, 0.29) is 11.3 Å². The van der Waals surface area contributed by atoms with E-state index in [2.05, 4.69) is 5.32 Å². The molecule has 2 aromatic carbocycles. The molecule has 1 fully saturated rings. The second kappa shape index (κ2) is 9.34. The molecule has 1 amide bonds. The fraction of sp³-hybridized carbons (Fsp3) is 0.333. The molecule has 0 bridgehead atoms. The Balaban J connectivity index is 1.77. The van der Waals surface area contributed by atoms with Gasteiger partial charge in [-0.2, -0.15) is 13.2 Å². The van der Waals surface area contributed by atoms with Crippen molar-refractivity contribution in [1.82, 2.24) is 0 Å². The minimum Gasteiger partial charge on any atom is -0.449 e. The van der Waals surface area contributed by atoms with Crippen molar-refractivity contribution in [2.75, 3.05) is 36.5 Å². The van der Waals surface area contributed by atoms with Crippen LogP contribution in [0.15, 0.2) is 42.5 Å². The van der Waals surface area contributed by atoms with Crippen molar-refractivity contribution in [3.05, 3.63) is 59.4 Å². The molecular formula is C21H20F4N2O4. The minimum absolute atomic E-state index is 0.0362. The summed E-state index contributed by atoms with van der Waals surface area (Å²) in [6, 6.07) is 7.61. The lowest BCUT2D eigenvalue weighted by molar-refractivity contribution is -0.137. The lowest BCUT2D eigenvalue weighted by Crippen LogP contribution is -2.37. The SMILES string of the molecule is CC(OC(=O)c1ccc(F)cc1)C(=O)Nc1cc(C(F)(F)F)ccc1N1CCOCC1. The summed E-state index contributed by atoms with van der Waals surface area (Å²) >= 11 is 0. The molecule has 1 aliphatic rings. The predicted molar refractivity (Wildman–Crippen MR) is 104 cm³/mol. The highest BCUT2D eigenvalue weighted by Gasteiger charge is 2.32. The van der Waals surface area contributed by atoms with Crippen LogP contribution in [0.3, 0.4) is 0 Å². The number of hydrogen-bond donors (Lipinski definition) is 1. The number of alkyl halides is 3. The number of esters is 1. The van der Waals surface area contributed by atoms with Crippen LogP contribution in [0.1, 0.15) is 22.8 Å². The van der Waals surface area contributed by atoms with E-state index in [1.54, 1.807) is 4.90 Å². The number of hydrogen-bond acceptors (Lipinski definition) is 5. The summed E-state index contributed by atoms with van der Waals surface area (Å²) in [7, 11) is 0. The number of nitrogens with one attached hydrogen (secondary N) is 1. The Labute approximate surface area is 175 Å². The Morgan fingerprint density at radius 3 is 2.35 bits per heavy atom. The van der Waals surface area contributed by atoms with Crippen LogP contribution in [0.25, 0.3) is 0 Å². The van der Waals surface area contributed by atoms with Crippen molar-refractivity contribution >= 4 is 23.3 Å². The van der Waals surface area contributed by atoms with Crippen LogP contribution in [0.5, 0.6) is 0 Å². The monoisotopic (exact) mass is 440 g/mol. The van der Waals surface area contributed by atoms with Crippen molar-refractivity contribution in [2.24, 2.45) is 0 Å². The number of morpholine rings is 1. The Kier molecular flexibility index (Phi) is 6.79. The third-order valence-corrected chi connectivity index (χ3v) is 4.67. The van der Waals surface area contributed by atoms with Gasteiger partial charge in [-0.3, -0.25) is 4.79 Å². The number of nitrogens with zero attached hydrogens (tertiary/aromatic N) is 1. The molecule has 10 heteroatoms. The minimum atomic E-state index is -4.59. The number of carbonyl (C=O) groups excluding carboxylic acids is 2. The second-order valence-electron chi connectivity index (χ2n) is 6.87. The largest absolute Gasteiger partial charge is 0.449 e. The highest BCUT2D eigenvalue weighted by atomic mass is 19.4. The third-order valence-electron chi connectivity index (χ3n) is 4.67. The topological polar surface area (TPSA) is 67.9 Å². The van der Waals surface area contributed by atoms with Gasteiger partial charge in [-0.1, -0.05) is 0 Å². The van der Waals surface area contributed by atoms with E-state index in [9.17, 15) is 27.2 Å². The summed E-state index contributed by atoms with van der Waals surface area (Å²) in [5.74, 6) is -2.20. The molecule has 0 spiro atoms. The van der Waals surface area contributed by atoms with Gasteiger partial charge in [0, 0.05) is 13.1 Å². The first-order valence-electron chi connectivity index (χ1n) is 9.46. The molecule has 2 aromatic rings. The van der Waals surface area contributed by atoms with Crippen molar-refractivity contribution in [3.63, 3.8) is 0 Å². The lowest BCUT2D eigenvalue weighted by atomic mass is 10.1. The average Bonchev–Trinajstić information content (AvgIpc) is 2.74. The quantitative estimate of drug-likeness (QED) is 0.565. The van der Waals surface area contributed by atoms with Crippen LogP contribution in [0.4, 0.5) is 28.9 Å². The molecule has 166 valence electrons. The van der Waals surface area contributed by atoms with Crippen molar-refractivity contribution in [1.29, 1.82) is 0 Å². The van der Waals surface area contributed by atoms with Gasteiger partial charge in [0.25, 0.3) is 5.91 Å². The van der Waals surface area contributed by atoms with E-state index in [1.807, 2.05) is 0 Å². The van der Waals surface area contributed by atoms with E-state index in [1.165, 1.54) is 25.1 Å². The molecule has 0 aliphatic carbocycles. The Morgan fingerprint density at radius 1 is 1.10 bits per heavy atom. The molecular weight excluding hydrogens is 420 g/mol. The van der Waals surface area contributed by atoms with E-state index in [0.29, 0.717) is 32.0 Å². The summed E-state index contributed by atoms with van der Waals surface area (Å²) < 4.78 is 62.9. The molecule has 1 heterocycles. The van der Waals surface area contributed by atoms with Crippen molar-refractivity contribution in [2.45, 2.75) is 19.2 Å². The van der Waals surface area contributed by atoms with Crippen molar-refractivity contribution in [3.8, 4) is 0 Å². The second-order valence-corrected chi connectivity index (χ2v) is 6.87. The zero-order valence-corrected chi connectivity index (χ0v) is 16.5. The molecule has 1 unspecified atom stereocenters. The van der Waals surface area contributed by atoms with Crippen LogP contribution in [-0.2, 0) is 20.4 Å². The van der Waals surface area contributed by atoms with Crippen molar-refractivity contribution < 1.29 is 36.6 Å². The number of anilines is 2. The summed E-state index contributed by atoms with van der Waals surface area (Å²) in [5, 5.41) is 2.43. The summed E-state index contributed by atoms with van der Waals surface area (Å²) in [5.41, 5.74) is -0.530. The van der Waals surface area contributed by atoms with Crippen LogP contribution < -0.4 is 10.2 Å². The van der Waals surface area contributed by atoms with Crippen LogP contribution in [0.2, 0.25) is 0 Å². The Morgan fingerprint density at radius 2 is 1.74 bits per heavy atom. The van der Waals surface area contributed by atoms with E-state index in [4.69, 9.17) is 9.47 Å². The first kappa shape index (κ1) is 22.5. The number of carbonyl (C=O) groups is 2. The number of rotatable bonds is 5. The normalized spacial score (nSPS) is 15.3. The Hall–Kier alpha value is -3.14. The lowest BCUT2D eigenvalue weighted by Gasteiger charge is -2.31. The van der Waals surface area contributed by atoms with Gasteiger partial charge < -0.3 is 19.7 Å².